The van der Waals surface area contributed by atoms with E-state index in [4.69, 9.17) is 15.9 Å². The monoisotopic (exact) mass is 261 g/mol. The van der Waals surface area contributed by atoms with Crippen molar-refractivity contribution in [2.24, 2.45) is 0 Å². The van der Waals surface area contributed by atoms with Gasteiger partial charge in [-0.3, -0.25) is 0 Å². The van der Waals surface area contributed by atoms with Gasteiger partial charge in [0.05, 0.1) is 0 Å². The highest BCUT2D eigenvalue weighted by Gasteiger charge is 2.01. The van der Waals surface area contributed by atoms with Gasteiger partial charge < -0.3 is 14.8 Å². The third kappa shape index (κ3) is 6.85. The lowest BCUT2D eigenvalue weighted by Crippen LogP contribution is -2.15. The molecule has 0 aliphatic carbocycles. The third-order valence-corrected chi connectivity index (χ3v) is 2.80. The Kier molecular flexibility index (Phi) is 8.54. The first-order chi connectivity index (χ1) is 9.38. The summed E-state index contributed by atoms with van der Waals surface area (Å²) in [6.07, 6.45) is 8.68. The molecule has 0 saturated heterocycles. The smallest absolute Gasteiger partial charge is 0.148 e. The number of rotatable bonds is 10. The molecule has 0 heterocycles. The standard InChI is InChI=1S/C16H23NO2/c1-3-12-19-16-10-6-5-9-15(16)14-17-11-7-4-8-13-18-2/h1,5-6,9-10,17H,4,7-8,11-14H2,2H3. The molecule has 1 rings (SSSR count). The van der Waals surface area contributed by atoms with Gasteiger partial charge in [-0.2, -0.15) is 0 Å². The minimum absolute atomic E-state index is 0.314. The molecule has 1 aromatic rings. The first kappa shape index (κ1) is 15.6. The van der Waals surface area contributed by atoms with E-state index in [0.29, 0.717) is 6.61 Å². The maximum absolute atomic E-state index is 5.50. The molecule has 0 radical (unpaired) electrons. The third-order valence-electron chi connectivity index (χ3n) is 2.80. The highest BCUT2D eigenvalue weighted by molar-refractivity contribution is 5.33. The summed E-state index contributed by atoms with van der Waals surface area (Å²) in [5, 5.41) is 3.42. The SMILES string of the molecule is C#CCOc1ccccc1CNCCCCCOC. The number of unbranched alkanes of at least 4 members (excludes halogenated alkanes) is 2. The number of ether oxygens (including phenoxy) is 2. The van der Waals surface area contributed by atoms with Crippen molar-refractivity contribution >= 4 is 0 Å². The lowest BCUT2D eigenvalue weighted by molar-refractivity contribution is 0.192. The van der Waals surface area contributed by atoms with E-state index in [0.717, 1.165) is 43.9 Å². The van der Waals surface area contributed by atoms with Gasteiger partial charge in [-0.15, -0.1) is 6.42 Å². The van der Waals surface area contributed by atoms with Gasteiger partial charge in [0.25, 0.3) is 0 Å². The van der Waals surface area contributed by atoms with Gasteiger partial charge in [-0.05, 0) is 31.9 Å². The fourth-order valence-corrected chi connectivity index (χ4v) is 1.81. The molecule has 0 amide bonds. The largest absolute Gasteiger partial charge is 0.481 e. The predicted molar refractivity (Wildman–Crippen MR) is 78.2 cm³/mol. The van der Waals surface area contributed by atoms with Crippen molar-refractivity contribution in [2.45, 2.75) is 25.8 Å². The van der Waals surface area contributed by atoms with Crippen molar-refractivity contribution in [1.82, 2.24) is 5.32 Å². The van der Waals surface area contributed by atoms with Crippen LogP contribution in [0.1, 0.15) is 24.8 Å². The zero-order chi connectivity index (χ0) is 13.8. The molecule has 0 spiro atoms. The Morgan fingerprint density at radius 3 is 2.84 bits per heavy atom. The van der Waals surface area contributed by atoms with Crippen molar-refractivity contribution in [1.29, 1.82) is 0 Å². The summed E-state index contributed by atoms with van der Waals surface area (Å²) in [5.74, 6) is 3.35. The van der Waals surface area contributed by atoms with E-state index < -0.39 is 0 Å². The predicted octanol–water partition coefficient (Wildman–Crippen LogP) is 2.60. The molecule has 0 unspecified atom stereocenters. The molecule has 0 aromatic heterocycles. The van der Waals surface area contributed by atoms with E-state index in [1.54, 1.807) is 7.11 Å². The van der Waals surface area contributed by atoms with Crippen LogP contribution < -0.4 is 10.1 Å². The fourth-order valence-electron chi connectivity index (χ4n) is 1.81. The molecule has 0 aliphatic heterocycles. The van der Waals surface area contributed by atoms with E-state index in [9.17, 15) is 0 Å². The van der Waals surface area contributed by atoms with E-state index >= 15 is 0 Å². The Morgan fingerprint density at radius 2 is 2.05 bits per heavy atom. The van der Waals surface area contributed by atoms with Crippen molar-refractivity contribution in [3.8, 4) is 18.1 Å². The van der Waals surface area contributed by atoms with Gasteiger partial charge in [-0.1, -0.05) is 24.1 Å². The van der Waals surface area contributed by atoms with Gasteiger partial charge in [0.15, 0.2) is 0 Å². The minimum Gasteiger partial charge on any atom is -0.481 e. The molecular weight excluding hydrogens is 238 g/mol. The topological polar surface area (TPSA) is 30.5 Å². The highest BCUT2D eigenvalue weighted by Crippen LogP contribution is 2.17. The lowest BCUT2D eigenvalue weighted by atomic mass is 10.2. The van der Waals surface area contributed by atoms with Gasteiger partial charge in [-0.25, -0.2) is 0 Å². The highest BCUT2D eigenvalue weighted by atomic mass is 16.5. The molecule has 104 valence electrons. The normalized spacial score (nSPS) is 10.1. The van der Waals surface area contributed by atoms with Crippen molar-refractivity contribution < 1.29 is 9.47 Å². The number of nitrogens with one attached hydrogen (secondary N) is 1. The molecule has 0 fully saturated rings. The van der Waals surface area contributed by atoms with Crippen LogP contribution in [0.2, 0.25) is 0 Å². The van der Waals surface area contributed by atoms with Crippen LogP contribution in [0, 0.1) is 12.3 Å². The zero-order valence-electron chi connectivity index (χ0n) is 11.7. The maximum Gasteiger partial charge on any atom is 0.148 e. The Balaban J connectivity index is 2.23. The molecule has 1 N–H and O–H groups in total. The average molecular weight is 261 g/mol. The lowest BCUT2D eigenvalue weighted by Gasteiger charge is -2.10. The van der Waals surface area contributed by atoms with Crippen LogP contribution in [0.15, 0.2) is 24.3 Å². The van der Waals surface area contributed by atoms with Crippen molar-refractivity contribution in [3.63, 3.8) is 0 Å². The molecule has 3 nitrogen and oxygen atoms in total. The molecule has 3 heteroatoms. The van der Waals surface area contributed by atoms with Crippen LogP contribution in [0.4, 0.5) is 0 Å². The average Bonchev–Trinajstić information content (AvgIpc) is 2.45. The van der Waals surface area contributed by atoms with Crippen LogP contribution in [-0.2, 0) is 11.3 Å². The molecule has 1 aromatic carbocycles. The summed E-state index contributed by atoms with van der Waals surface area (Å²) in [5.41, 5.74) is 1.15. The second-order valence-corrected chi connectivity index (χ2v) is 4.33. The number of benzene rings is 1. The molecule has 0 aliphatic rings. The minimum atomic E-state index is 0.314. The van der Waals surface area contributed by atoms with Gasteiger partial charge in [0.1, 0.15) is 12.4 Å². The van der Waals surface area contributed by atoms with E-state index in [1.165, 1.54) is 6.42 Å². The summed E-state index contributed by atoms with van der Waals surface area (Å²) in [7, 11) is 1.74. The molecular formula is C16H23NO2. The molecule has 0 saturated carbocycles. The number of methoxy groups -OCH3 is 1. The number of hydrogen-bond acceptors (Lipinski definition) is 3. The van der Waals surface area contributed by atoms with Crippen LogP contribution in [0.5, 0.6) is 5.75 Å². The maximum atomic E-state index is 5.50. The summed E-state index contributed by atoms with van der Waals surface area (Å²) < 4.78 is 10.5. The fraction of sp³-hybridized carbons (Fsp3) is 0.500. The molecule has 0 atom stereocenters. The van der Waals surface area contributed by atoms with Gasteiger partial charge >= 0.3 is 0 Å². The van der Waals surface area contributed by atoms with E-state index in [2.05, 4.69) is 17.3 Å². The Bertz CT molecular complexity index is 385. The van der Waals surface area contributed by atoms with Crippen molar-refractivity contribution in [2.75, 3.05) is 26.9 Å². The first-order valence-corrected chi connectivity index (χ1v) is 6.72. The van der Waals surface area contributed by atoms with Crippen LogP contribution in [-0.4, -0.2) is 26.9 Å². The quantitative estimate of drug-likeness (QED) is 0.519. The zero-order valence-corrected chi connectivity index (χ0v) is 11.7. The number of para-hydroxylation sites is 1. The van der Waals surface area contributed by atoms with Gasteiger partial charge in [0, 0.05) is 25.8 Å². The van der Waals surface area contributed by atoms with Gasteiger partial charge in [0.2, 0.25) is 0 Å². The summed E-state index contributed by atoms with van der Waals surface area (Å²) in [6.45, 7) is 2.98. The Morgan fingerprint density at radius 1 is 1.21 bits per heavy atom. The first-order valence-electron chi connectivity index (χ1n) is 6.72. The number of terminal acetylenes is 1. The van der Waals surface area contributed by atoms with Crippen LogP contribution >= 0.6 is 0 Å². The Hall–Kier alpha value is -1.50. The van der Waals surface area contributed by atoms with Crippen LogP contribution in [0.3, 0.4) is 0 Å². The van der Waals surface area contributed by atoms with E-state index in [1.807, 2.05) is 18.2 Å². The Labute approximate surface area is 116 Å². The summed E-state index contributed by atoms with van der Waals surface area (Å²) in [4.78, 5) is 0. The van der Waals surface area contributed by atoms with Crippen LogP contribution in [0.25, 0.3) is 0 Å². The molecule has 0 bridgehead atoms. The molecule has 19 heavy (non-hydrogen) atoms. The second-order valence-electron chi connectivity index (χ2n) is 4.33. The van der Waals surface area contributed by atoms with E-state index in [-0.39, 0.29) is 0 Å². The number of hydrogen-bond donors (Lipinski definition) is 1. The summed E-state index contributed by atoms with van der Waals surface area (Å²) in [6, 6.07) is 7.98. The summed E-state index contributed by atoms with van der Waals surface area (Å²) >= 11 is 0. The second kappa shape index (κ2) is 10.4. The van der Waals surface area contributed by atoms with Crippen molar-refractivity contribution in [3.05, 3.63) is 29.8 Å².